The molecular formula is C22H13Cl2F11N2O. The molecule has 1 saturated heterocycles. The van der Waals surface area contributed by atoms with Crippen LogP contribution in [-0.2, 0) is 16.1 Å². The van der Waals surface area contributed by atoms with E-state index in [0.717, 1.165) is 24.3 Å². The summed E-state index contributed by atoms with van der Waals surface area (Å²) in [6.07, 6.45) is -17.4. The molecule has 2 aromatic carbocycles. The molecule has 16 heteroatoms. The maximum absolute atomic E-state index is 15.1. The number of likely N-dealkylation sites (tertiary alicyclic amines) is 1. The highest BCUT2D eigenvalue weighted by molar-refractivity contribution is 6.35. The van der Waals surface area contributed by atoms with Crippen molar-refractivity contribution in [2.75, 3.05) is 13.1 Å². The zero-order chi connectivity index (χ0) is 28.5. The molecule has 1 atom stereocenters. The van der Waals surface area contributed by atoms with Gasteiger partial charge in [-0.2, -0.15) is 39.5 Å². The number of halogens is 13. The predicted octanol–water partition coefficient (Wildman–Crippen LogP) is 7.69. The topological polar surface area (TPSA) is 24.8 Å². The zero-order valence-corrected chi connectivity index (χ0v) is 19.9. The van der Waals surface area contributed by atoms with Gasteiger partial charge in [-0.05, 0) is 23.3 Å². The number of oxime groups is 1. The maximum atomic E-state index is 15.1. The minimum Gasteiger partial charge on any atom is -0.374 e. The number of alkyl halides is 10. The second-order valence-electron chi connectivity index (χ2n) is 8.82. The highest BCUT2D eigenvalue weighted by Gasteiger charge is 2.65. The Morgan fingerprint density at radius 3 is 1.79 bits per heavy atom. The van der Waals surface area contributed by atoms with Gasteiger partial charge in [-0.15, -0.1) is 0 Å². The first-order valence-electron chi connectivity index (χ1n) is 10.4. The third kappa shape index (κ3) is 4.90. The Morgan fingerprint density at radius 2 is 1.34 bits per heavy atom. The Morgan fingerprint density at radius 1 is 0.842 bits per heavy atom. The quantitative estimate of drug-likeness (QED) is 0.265. The van der Waals surface area contributed by atoms with Crippen molar-refractivity contribution < 1.29 is 53.1 Å². The lowest BCUT2D eigenvalue weighted by molar-refractivity contribution is -0.306. The molecule has 0 aromatic heterocycles. The minimum absolute atomic E-state index is 0.00224. The first kappa shape index (κ1) is 28.7. The molecule has 0 spiro atoms. The summed E-state index contributed by atoms with van der Waals surface area (Å²) in [7, 11) is 0. The molecule has 0 aliphatic carbocycles. The molecule has 0 saturated carbocycles. The lowest BCUT2D eigenvalue weighted by Crippen LogP contribution is -2.67. The first-order chi connectivity index (χ1) is 17.3. The summed E-state index contributed by atoms with van der Waals surface area (Å²) in [4.78, 5) is 4.67. The lowest BCUT2D eigenvalue weighted by atomic mass is 9.84. The summed E-state index contributed by atoms with van der Waals surface area (Å²) in [6.45, 7) is -2.41. The van der Waals surface area contributed by atoms with Crippen molar-refractivity contribution in [2.45, 2.75) is 42.3 Å². The van der Waals surface area contributed by atoms with Gasteiger partial charge in [-0.25, -0.2) is 8.78 Å². The molecule has 3 nitrogen and oxygen atoms in total. The van der Waals surface area contributed by atoms with E-state index in [0.29, 0.717) is 12.1 Å². The maximum Gasteiger partial charge on any atom is 0.435 e. The molecule has 2 aromatic rings. The Hall–Kier alpha value is -2.32. The fourth-order valence-electron chi connectivity index (χ4n) is 4.37. The summed E-state index contributed by atoms with van der Waals surface area (Å²) >= 11 is 11.3. The van der Waals surface area contributed by atoms with E-state index in [1.807, 2.05) is 0 Å². The standard InChI is InChI=1S/C22H13Cl2F11N2O/c23-13-5-12(6-14(24)16(13)25)19(22(33,34)35)7-15(36-38-19)10-1-3-11(4-2-10)18(26)8-37(9-18)17(20(27,28)29)21(30,31)32/h1-6,17H,7-9H2. The van der Waals surface area contributed by atoms with Crippen molar-refractivity contribution in [3.05, 3.63) is 69.0 Å². The average molecular weight is 601 g/mol. The molecule has 208 valence electrons. The van der Waals surface area contributed by atoms with Gasteiger partial charge in [0, 0.05) is 25.1 Å². The summed E-state index contributed by atoms with van der Waals surface area (Å²) in [6, 6.07) is 1.76. The Labute approximate surface area is 216 Å². The van der Waals surface area contributed by atoms with Crippen molar-refractivity contribution in [1.82, 2.24) is 4.90 Å². The van der Waals surface area contributed by atoms with Crippen molar-refractivity contribution in [2.24, 2.45) is 5.16 Å². The van der Waals surface area contributed by atoms with Gasteiger partial charge in [0.05, 0.1) is 15.8 Å². The first-order valence-corrected chi connectivity index (χ1v) is 11.2. The van der Waals surface area contributed by atoms with Crippen LogP contribution >= 0.6 is 23.2 Å². The van der Waals surface area contributed by atoms with E-state index < -0.39 is 76.8 Å². The average Bonchev–Trinajstić information content (AvgIpc) is 3.21. The number of benzene rings is 2. The number of hydrogen-bond acceptors (Lipinski definition) is 3. The van der Waals surface area contributed by atoms with Crippen molar-refractivity contribution in [1.29, 1.82) is 0 Å². The fraction of sp³-hybridized carbons (Fsp3) is 0.409. The molecule has 4 rings (SSSR count). The summed E-state index contributed by atoms with van der Waals surface area (Å²) in [5.41, 5.74) is -6.84. The number of rotatable bonds is 4. The Bertz CT molecular complexity index is 1210. The Kier molecular flexibility index (Phi) is 6.88. The van der Waals surface area contributed by atoms with Crippen LogP contribution in [0.4, 0.5) is 48.3 Å². The minimum atomic E-state index is -5.67. The molecular weight excluding hydrogens is 588 g/mol. The van der Waals surface area contributed by atoms with Crippen LogP contribution in [0.3, 0.4) is 0 Å². The van der Waals surface area contributed by atoms with Crippen LogP contribution < -0.4 is 0 Å². The summed E-state index contributed by atoms with van der Waals surface area (Å²) in [5, 5.41) is 2.07. The van der Waals surface area contributed by atoms with Crippen molar-refractivity contribution in [3.8, 4) is 0 Å². The summed E-state index contributed by atoms with van der Waals surface area (Å²) in [5.74, 6) is -1.14. The molecule has 0 bridgehead atoms. The monoisotopic (exact) mass is 600 g/mol. The highest BCUT2D eigenvalue weighted by Crippen LogP contribution is 2.50. The van der Waals surface area contributed by atoms with Crippen LogP contribution in [0.25, 0.3) is 0 Å². The van der Waals surface area contributed by atoms with Gasteiger partial charge < -0.3 is 4.84 Å². The molecule has 1 unspecified atom stereocenters. The molecule has 0 amide bonds. The predicted molar refractivity (Wildman–Crippen MR) is 113 cm³/mol. The molecule has 2 heterocycles. The fourth-order valence-corrected chi connectivity index (χ4v) is 4.86. The molecule has 0 radical (unpaired) electrons. The molecule has 0 N–H and O–H groups in total. The van der Waals surface area contributed by atoms with Gasteiger partial charge in [-0.3, -0.25) is 4.90 Å². The largest absolute Gasteiger partial charge is 0.435 e. The van der Waals surface area contributed by atoms with E-state index >= 15 is 4.39 Å². The van der Waals surface area contributed by atoms with E-state index in [2.05, 4.69) is 5.16 Å². The Balaban J connectivity index is 1.54. The molecule has 1 fully saturated rings. The normalized spacial score (nSPS) is 22.3. The SMILES string of the molecule is Fc1c(Cl)cc(C2(C(F)(F)F)CC(c3ccc(C4(F)CN(C(C(F)(F)F)C(F)(F)F)C4)cc3)=NO2)cc1Cl. The second-order valence-corrected chi connectivity index (χ2v) is 9.63. The van der Waals surface area contributed by atoms with Crippen molar-refractivity contribution >= 4 is 28.9 Å². The smallest absolute Gasteiger partial charge is 0.374 e. The second kappa shape index (κ2) is 9.12. The summed E-state index contributed by atoms with van der Waals surface area (Å²) < 4.78 is 148. The van der Waals surface area contributed by atoms with Crippen LogP contribution in [0.1, 0.15) is 23.1 Å². The van der Waals surface area contributed by atoms with Crippen LogP contribution in [0.5, 0.6) is 0 Å². The van der Waals surface area contributed by atoms with E-state index in [1.54, 1.807) is 0 Å². The number of nitrogens with zero attached hydrogens (tertiary/aromatic N) is 2. The van der Waals surface area contributed by atoms with Crippen LogP contribution in [0.2, 0.25) is 10.0 Å². The van der Waals surface area contributed by atoms with E-state index in [4.69, 9.17) is 28.0 Å². The van der Waals surface area contributed by atoms with Gasteiger partial charge in [0.1, 0.15) is 0 Å². The number of hydrogen-bond donors (Lipinski definition) is 0. The highest BCUT2D eigenvalue weighted by atomic mass is 35.5. The third-order valence-electron chi connectivity index (χ3n) is 6.26. The van der Waals surface area contributed by atoms with Gasteiger partial charge in [0.25, 0.3) is 5.60 Å². The van der Waals surface area contributed by atoms with Gasteiger partial charge in [0.2, 0.25) is 6.04 Å². The van der Waals surface area contributed by atoms with Crippen molar-refractivity contribution in [3.63, 3.8) is 0 Å². The third-order valence-corrected chi connectivity index (χ3v) is 6.81. The lowest BCUT2D eigenvalue weighted by Gasteiger charge is -2.49. The molecule has 2 aliphatic heterocycles. The van der Waals surface area contributed by atoms with Gasteiger partial charge >= 0.3 is 18.5 Å². The molecule has 38 heavy (non-hydrogen) atoms. The van der Waals surface area contributed by atoms with E-state index in [1.165, 1.54) is 0 Å². The van der Waals surface area contributed by atoms with Crippen LogP contribution in [-0.4, -0.2) is 48.3 Å². The zero-order valence-electron chi connectivity index (χ0n) is 18.4. The van der Waals surface area contributed by atoms with Gasteiger partial charge in [-0.1, -0.05) is 52.6 Å². The molecule has 2 aliphatic rings. The van der Waals surface area contributed by atoms with Crippen LogP contribution in [0, 0.1) is 5.82 Å². The van der Waals surface area contributed by atoms with E-state index in [-0.39, 0.29) is 21.7 Å². The van der Waals surface area contributed by atoms with E-state index in [9.17, 15) is 43.9 Å². The van der Waals surface area contributed by atoms with Crippen LogP contribution in [0.15, 0.2) is 41.6 Å². The van der Waals surface area contributed by atoms with Gasteiger partial charge in [0.15, 0.2) is 11.5 Å².